The molecule has 0 fully saturated rings. The second kappa shape index (κ2) is 5.86. The van der Waals surface area contributed by atoms with Gasteiger partial charge in [0.05, 0.1) is 6.04 Å². The van der Waals surface area contributed by atoms with Crippen molar-refractivity contribution >= 4 is 0 Å². The van der Waals surface area contributed by atoms with E-state index in [0.29, 0.717) is 11.1 Å². The molecule has 19 heavy (non-hydrogen) atoms. The Hall–Kier alpha value is -1.85. The molecule has 1 atom stereocenters. The van der Waals surface area contributed by atoms with E-state index in [9.17, 15) is 13.2 Å². The molecule has 0 saturated heterocycles. The predicted octanol–water partition coefficient (Wildman–Crippen LogP) is 2.85. The maximum absolute atomic E-state index is 13.6. The lowest BCUT2D eigenvalue weighted by Gasteiger charge is -2.17. The molecule has 0 aromatic heterocycles. The van der Waals surface area contributed by atoms with Crippen LogP contribution in [0.4, 0.5) is 13.2 Å². The molecule has 2 aromatic carbocycles. The van der Waals surface area contributed by atoms with Gasteiger partial charge in [0.15, 0.2) is 0 Å². The highest BCUT2D eigenvalue weighted by Crippen LogP contribution is 2.21. The minimum atomic E-state index is -0.667. The van der Waals surface area contributed by atoms with Crippen LogP contribution in [0.1, 0.15) is 17.2 Å². The number of rotatable bonds is 4. The molecule has 2 rings (SSSR count). The van der Waals surface area contributed by atoms with Crippen LogP contribution in [0.3, 0.4) is 0 Å². The first-order valence-electron chi connectivity index (χ1n) is 5.75. The van der Waals surface area contributed by atoms with Gasteiger partial charge in [-0.15, -0.1) is 0 Å². The fourth-order valence-corrected chi connectivity index (χ4v) is 1.98. The molecule has 1 unspecified atom stereocenters. The van der Waals surface area contributed by atoms with Gasteiger partial charge in [0.25, 0.3) is 0 Å². The molecule has 2 nitrogen and oxygen atoms in total. The smallest absolute Gasteiger partial charge is 0.128 e. The van der Waals surface area contributed by atoms with Gasteiger partial charge in [-0.25, -0.2) is 13.2 Å². The van der Waals surface area contributed by atoms with Crippen LogP contribution in [0.2, 0.25) is 0 Å². The lowest BCUT2D eigenvalue weighted by molar-refractivity contribution is 0.506. The summed E-state index contributed by atoms with van der Waals surface area (Å²) in [5.41, 5.74) is 3.22. The molecule has 100 valence electrons. The Balaban J connectivity index is 2.26. The standard InChI is InChI=1S/C14H13F3N2/c15-10-5-9(6-11(16)8-10)7-14(19-18)12-3-1-2-4-13(12)17/h1-6,8,14,19H,7,18H2. The van der Waals surface area contributed by atoms with Crippen LogP contribution in [0.5, 0.6) is 0 Å². The number of nitrogens with two attached hydrogens (primary N) is 1. The first kappa shape index (κ1) is 13.6. The monoisotopic (exact) mass is 266 g/mol. The van der Waals surface area contributed by atoms with Crippen molar-refractivity contribution in [2.45, 2.75) is 12.5 Å². The maximum Gasteiger partial charge on any atom is 0.128 e. The van der Waals surface area contributed by atoms with Crippen molar-refractivity contribution in [2.75, 3.05) is 0 Å². The summed E-state index contributed by atoms with van der Waals surface area (Å²) in [7, 11) is 0. The minimum Gasteiger partial charge on any atom is -0.271 e. The van der Waals surface area contributed by atoms with Gasteiger partial charge >= 0.3 is 0 Å². The number of hydrogen-bond donors (Lipinski definition) is 2. The Bertz CT molecular complexity index is 552. The third-order valence-corrected chi connectivity index (χ3v) is 2.84. The van der Waals surface area contributed by atoms with Gasteiger partial charge in [0.1, 0.15) is 17.5 Å². The molecule has 0 heterocycles. The molecule has 0 aliphatic heterocycles. The first-order valence-corrected chi connectivity index (χ1v) is 5.75. The Morgan fingerprint density at radius 3 is 2.21 bits per heavy atom. The molecule has 0 radical (unpaired) electrons. The summed E-state index contributed by atoms with van der Waals surface area (Å²) >= 11 is 0. The number of hydrazine groups is 1. The zero-order valence-corrected chi connectivity index (χ0v) is 10.0. The van der Waals surface area contributed by atoms with Crippen molar-refractivity contribution in [1.82, 2.24) is 5.43 Å². The number of benzene rings is 2. The van der Waals surface area contributed by atoms with Crippen LogP contribution >= 0.6 is 0 Å². The highest BCUT2D eigenvalue weighted by molar-refractivity contribution is 5.25. The first-order chi connectivity index (χ1) is 9.10. The topological polar surface area (TPSA) is 38.0 Å². The molecular formula is C14H13F3N2. The second-order valence-electron chi connectivity index (χ2n) is 4.22. The van der Waals surface area contributed by atoms with Crippen molar-refractivity contribution in [2.24, 2.45) is 5.84 Å². The predicted molar refractivity (Wildman–Crippen MR) is 66.5 cm³/mol. The van der Waals surface area contributed by atoms with E-state index in [4.69, 9.17) is 5.84 Å². The highest BCUT2D eigenvalue weighted by Gasteiger charge is 2.15. The molecule has 0 bridgehead atoms. The van der Waals surface area contributed by atoms with Crippen LogP contribution in [0.15, 0.2) is 42.5 Å². The number of halogens is 3. The second-order valence-corrected chi connectivity index (χ2v) is 4.22. The van der Waals surface area contributed by atoms with Crippen molar-refractivity contribution in [3.05, 3.63) is 71.0 Å². The van der Waals surface area contributed by atoms with E-state index in [1.165, 1.54) is 18.2 Å². The third kappa shape index (κ3) is 3.33. The van der Waals surface area contributed by atoms with Gasteiger partial charge in [-0.1, -0.05) is 18.2 Å². The van der Waals surface area contributed by atoms with E-state index in [-0.39, 0.29) is 6.42 Å². The summed E-state index contributed by atoms with van der Waals surface area (Å²) in [5, 5.41) is 0. The van der Waals surface area contributed by atoms with E-state index in [1.807, 2.05) is 0 Å². The van der Waals surface area contributed by atoms with Crippen molar-refractivity contribution in [3.63, 3.8) is 0 Å². The van der Waals surface area contributed by atoms with Crippen molar-refractivity contribution in [1.29, 1.82) is 0 Å². The van der Waals surface area contributed by atoms with E-state index in [2.05, 4.69) is 5.43 Å². The Morgan fingerprint density at radius 2 is 1.63 bits per heavy atom. The molecule has 0 aliphatic rings. The average molecular weight is 266 g/mol. The van der Waals surface area contributed by atoms with Gasteiger partial charge in [-0.2, -0.15) is 0 Å². The summed E-state index contributed by atoms with van der Waals surface area (Å²) in [6, 6.07) is 8.77. The van der Waals surface area contributed by atoms with Crippen molar-refractivity contribution in [3.8, 4) is 0 Å². The normalized spacial score (nSPS) is 12.4. The van der Waals surface area contributed by atoms with E-state index < -0.39 is 23.5 Å². The molecular weight excluding hydrogens is 253 g/mol. The Labute approximate surface area is 109 Å². The largest absolute Gasteiger partial charge is 0.271 e. The molecule has 0 amide bonds. The summed E-state index contributed by atoms with van der Waals surface area (Å²) < 4.78 is 39.8. The molecule has 0 spiro atoms. The summed E-state index contributed by atoms with van der Waals surface area (Å²) in [6.45, 7) is 0. The zero-order valence-electron chi connectivity index (χ0n) is 10.0. The summed E-state index contributed by atoms with van der Waals surface area (Å²) in [5.74, 6) is 3.64. The lowest BCUT2D eigenvalue weighted by atomic mass is 9.99. The lowest BCUT2D eigenvalue weighted by Crippen LogP contribution is -2.30. The molecule has 0 aliphatic carbocycles. The fraction of sp³-hybridized carbons (Fsp3) is 0.143. The zero-order chi connectivity index (χ0) is 13.8. The third-order valence-electron chi connectivity index (χ3n) is 2.84. The summed E-state index contributed by atoms with van der Waals surface area (Å²) in [6.07, 6.45) is 0.187. The van der Waals surface area contributed by atoms with Crippen LogP contribution in [-0.2, 0) is 6.42 Å². The van der Waals surface area contributed by atoms with Gasteiger partial charge in [0.2, 0.25) is 0 Å². The van der Waals surface area contributed by atoms with Crippen molar-refractivity contribution < 1.29 is 13.2 Å². The number of nitrogens with one attached hydrogen (secondary N) is 1. The maximum atomic E-state index is 13.6. The highest BCUT2D eigenvalue weighted by atomic mass is 19.1. The molecule has 0 saturated carbocycles. The van der Waals surface area contributed by atoms with E-state index in [0.717, 1.165) is 6.07 Å². The molecule has 3 N–H and O–H groups in total. The van der Waals surface area contributed by atoms with Gasteiger partial charge in [-0.05, 0) is 30.2 Å². The van der Waals surface area contributed by atoms with E-state index >= 15 is 0 Å². The quantitative estimate of drug-likeness (QED) is 0.659. The Kier molecular flexibility index (Phi) is 4.19. The van der Waals surface area contributed by atoms with Crippen LogP contribution < -0.4 is 11.3 Å². The van der Waals surface area contributed by atoms with Crippen LogP contribution in [-0.4, -0.2) is 0 Å². The minimum absolute atomic E-state index is 0.187. The van der Waals surface area contributed by atoms with Gasteiger partial charge in [-0.3, -0.25) is 11.3 Å². The SMILES string of the molecule is NNC(Cc1cc(F)cc(F)c1)c1ccccc1F. The Morgan fingerprint density at radius 1 is 1.00 bits per heavy atom. The van der Waals surface area contributed by atoms with Gasteiger partial charge < -0.3 is 0 Å². The van der Waals surface area contributed by atoms with Gasteiger partial charge in [0, 0.05) is 11.6 Å². The average Bonchev–Trinajstić information content (AvgIpc) is 2.36. The summed E-state index contributed by atoms with van der Waals surface area (Å²) in [4.78, 5) is 0. The fourth-order valence-electron chi connectivity index (χ4n) is 1.98. The number of hydrogen-bond acceptors (Lipinski definition) is 2. The van der Waals surface area contributed by atoms with Crippen LogP contribution in [0, 0.1) is 17.5 Å². The molecule has 2 aromatic rings. The van der Waals surface area contributed by atoms with E-state index in [1.54, 1.807) is 18.2 Å². The van der Waals surface area contributed by atoms with Crippen LogP contribution in [0.25, 0.3) is 0 Å². The molecule has 5 heteroatoms.